The molecule has 2 heterocycles. The SMILES string of the molecule is O=C(CCn1cnc([N+](=O)[O-])c1)OCCC(=O)OC[C@H]1O[C@@H](O)[C@H](O)[C@@H](O)[C@@H]1O. The average Bonchev–Trinajstić information content (AvgIpc) is 3.16. The highest BCUT2D eigenvalue weighted by Crippen LogP contribution is 2.20. The van der Waals surface area contributed by atoms with Gasteiger partial charge < -0.3 is 49.3 Å². The Bertz CT molecular complexity index is 724. The molecule has 1 saturated heterocycles. The van der Waals surface area contributed by atoms with Crippen LogP contribution in [0.5, 0.6) is 0 Å². The molecule has 0 aromatic carbocycles. The van der Waals surface area contributed by atoms with Crippen molar-refractivity contribution in [3.63, 3.8) is 0 Å². The predicted octanol–water partition coefficient (Wildman–Crippen LogP) is -2.54. The number of hydrogen-bond donors (Lipinski definition) is 4. The summed E-state index contributed by atoms with van der Waals surface area (Å²) < 4.78 is 15.9. The first-order valence-corrected chi connectivity index (χ1v) is 8.54. The van der Waals surface area contributed by atoms with Crippen LogP contribution in [0, 0.1) is 10.1 Å². The van der Waals surface area contributed by atoms with Gasteiger partial charge in [0.05, 0.1) is 12.8 Å². The highest BCUT2D eigenvalue weighted by Gasteiger charge is 2.43. The van der Waals surface area contributed by atoms with Gasteiger partial charge in [0.25, 0.3) is 0 Å². The molecule has 1 fully saturated rings. The van der Waals surface area contributed by atoms with Crippen molar-refractivity contribution in [2.45, 2.75) is 50.1 Å². The van der Waals surface area contributed by atoms with Crippen molar-refractivity contribution < 1.29 is 49.1 Å². The smallest absolute Gasteiger partial charge is 0.381 e. The third-order valence-electron chi connectivity index (χ3n) is 4.05. The molecule has 0 aliphatic carbocycles. The maximum Gasteiger partial charge on any atom is 0.381 e. The molecule has 0 bridgehead atoms. The third kappa shape index (κ3) is 6.43. The van der Waals surface area contributed by atoms with E-state index in [0.717, 1.165) is 0 Å². The molecule has 4 N–H and O–H groups in total. The minimum absolute atomic E-state index is 0.0945. The molecule has 162 valence electrons. The second kappa shape index (κ2) is 10.2. The number of imidazole rings is 1. The summed E-state index contributed by atoms with van der Waals surface area (Å²) in [5.74, 6) is -1.77. The fraction of sp³-hybridized carbons (Fsp3) is 0.667. The fourth-order valence-electron chi connectivity index (χ4n) is 2.42. The van der Waals surface area contributed by atoms with Gasteiger partial charge in [0.1, 0.15) is 43.8 Å². The first-order valence-electron chi connectivity index (χ1n) is 8.54. The lowest BCUT2D eigenvalue weighted by molar-refractivity contribution is -0.389. The summed E-state index contributed by atoms with van der Waals surface area (Å²) in [4.78, 5) is 36.6. The van der Waals surface area contributed by atoms with Crippen molar-refractivity contribution in [2.24, 2.45) is 0 Å². The largest absolute Gasteiger partial charge is 0.465 e. The zero-order valence-electron chi connectivity index (χ0n) is 15.1. The maximum absolute atomic E-state index is 11.6. The molecule has 1 aliphatic heterocycles. The predicted molar refractivity (Wildman–Crippen MR) is 88.9 cm³/mol. The summed E-state index contributed by atoms with van der Waals surface area (Å²) >= 11 is 0. The molecule has 1 aromatic rings. The van der Waals surface area contributed by atoms with Crippen molar-refractivity contribution in [3.05, 3.63) is 22.6 Å². The minimum Gasteiger partial charge on any atom is -0.465 e. The molecule has 14 heteroatoms. The van der Waals surface area contributed by atoms with Gasteiger partial charge in [-0.1, -0.05) is 0 Å². The van der Waals surface area contributed by atoms with E-state index in [1.165, 1.54) is 17.1 Å². The summed E-state index contributed by atoms with van der Waals surface area (Å²) in [7, 11) is 0. The third-order valence-corrected chi connectivity index (χ3v) is 4.05. The Kier molecular flexibility index (Phi) is 7.98. The van der Waals surface area contributed by atoms with Crippen LogP contribution in [0.15, 0.2) is 12.5 Å². The molecule has 2 rings (SSSR count). The number of nitro groups is 1. The second-order valence-electron chi connectivity index (χ2n) is 6.17. The van der Waals surface area contributed by atoms with Crippen LogP contribution in [0.25, 0.3) is 0 Å². The molecular formula is C15H21N3O11. The lowest BCUT2D eigenvalue weighted by Gasteiger charge is -2.37. The maximum atomic E-state index is 11.6. The number of ether oxygens (including phenoxy) is 3. The fourth-order valence-corrected chi connectivity index (χ4v) is 2.42. The molecule has 0 radical (unpaired) electrons. The molecule has 0 saturated carbocycles. The topological polar surface area (TPSA) is 204 Å². The number of esters is 2. The van der Waals surface area contributed by atoms with Gasteiger partial charge in [-0.2, -0.15) is 0 Å². The summed E-state index contributed by atoms with van der Waals surface area (Å²) in [5.41, 5.74) is 0. The zero-order valence-corrected chi connectivity index (χ0v) is 15.1. The van der Waals surface area contributed by atoms with E-state index in [-0.39, 0.29) is 31.8 Å². The van der Waals surface area contributed by atoms with Gasteiger partial charge >= 0.3 is 17.8 Å². The van der Waals surface area contributed by atoms with E-state index >= 15 is 0 Å². The number of aliphatic hydroxyl groups excluding tert-OH is 4. The number of carbonyl (C=O) groups is 2. The lowest BCUT2D eigenvalue weighted by Crippen LogP contribution is -2.58. The van der Waals surface area contributed by atoms with Gasteiger partial charge in [-0.25, -0.2) is 0 Å². The highest BCUT2D eigenvalue weighted by atomic mass is 16.7. The molecule has 29 heavy (non-hydrogen) atoms. The van der Waals surface area contributed by atoms with E-state index in [1.54, 1.807) is 0 Å². The second-order valence-corrected chi connectivity index (χ2v) is 6.17. The Morgan fingerprint density at radius 2 is 1.83 bits per heavy atom. The zero-order chi connectivity index (χ0) is 21.6. The Hall–Kier alpha value is -2.65. The van der Waals surface area contributed by atoms with E-state index in [2.05, 4.69) is 4.98 Å². The number of carbonyl (C=O) groups excluding carboxylic acids is 2. The molecule has 5 atom stereocenters. The van der Waals surface area contributed by atoms with Crippen LogP contribution in [0.3, 0.4) is 0 Å². The molecule has 14 nitrogen and oxygen atoms in total. The van der Waals surface area contributed by atoms with Crippen LogP contribution in [-0.4, -0.2) is 90.8 Å². The van der Waals surface area contributed by atoms with Gasteiger partial charge in [0.15, 0.2) is 6.29 Å². The van der Waals surface area contributed by atoms with Crippen molar-refractivity contribution in [2.75, 3.05) is 13.2 Å². The van der Waals surface area contributed by atoms with Gasteiger partial charge in [-0.3, -0.25) is 9.59 Å². The van der Waals surface area contributed by atoms with E-state index in [1.807, 2.05) is 0 Å². The number of rotatable bonds is 9. The molecule has 0 amide bonds. The standard InChI is InChI=1S/C15H21N3O11/c19-10(1-3-17-5-9(16-7-17)18(25)26)27-4-2-11(20)28-6-8-12(21)13(22)14(23)15(24)29-8/h5,7-8,12-15,21-24H,1-4,6H2/t8-,12-,13+,14-,15-/m1/s1. The van der Waals surface area contributed by atoms with Crippen LogP contribution in [-0.2, 0) is 30.3 Å². The number of hydrogen-bond acceptors (Lipinski definition) is 12. The van der Waals surface area contributed by atoms with Crippen LogP contribution in [0.1, 0.15) is 12.8 Å². The van der Waals surface area contributed by atoms with Gasteiger partial charge in [-0.05, 0) is 9.91 Å². The molecule has 0 unspecified atom stereocenters. The average molecular weight is 419 g/mol. The Morgan fingerprint density at radius 1 is 1.14 bits per heavy atom. The van der Waals surface area contributed by atoms with Crippen LogP contribution in [0.2, 0.25) is 0 Å². The molecule has 1 aromatic heterocycles. The number of aromatic nitrogens is 2. The van der Waals surface area contributed by atoms with Crippen LogP contribution < -0.4 is 0 Å². The van der Waals surface area contributed by atoms with Crippen molar-refractivity contribution in [1.82, 2.24) is 9.55 Å². The van der Waals surface area contributed by atoms with Crippen molar-refractivity contribution in [3.8, 4) is 0 Å². The summed E-state index contributed by atoms with van der Waals surface area (Å²) in [6.45, 7) is -0.661. The summed E-state index contributed by atoms with van der Waals surface area (Å²) in [5, 5.41) is 48.5. The first kappa shape index (κ1) is 22.6. The molecular weight excluding hydrogens is 398 g/mol. The van der Waals surface area contributed by atoms with E-state index in [9.17, 15) is 40.1 Å². The van der Waals surface area contributed by atoms with E-state index < -0.39 is 54.2 Å². The number of aliphatic hydroxyl groups is 4. The molecule has 0 spiro atoms. The normalized spacial score (nSPS) is 26.7. The quantitative estimate of drug-likeness (QED) is 0.186. The molecule has 1 aliphatic rings. The van der Waals surface area contributed by atoms with Crippen LogP contribution >= 0.6 is 0 Å². The van der Waals surface area contributed by atoms with E-state index in [0.29, 0.717) is 0 Å². The minimum atomic E-state index is -1.74. The van der Waals surface area contributed by atoms with Gasteiger partial charge in [0.2, 0.25) is 6.33 Å². The summed E-state index contributed by atoms with van der Waals surface area (Å²) in [6.07, 6.45) is -5.93. The van der Waals surface area contributed by atoms with Crippen molar-refractivity contribution in [1.29, 1.82) is 0 Å². The highest BCUT2D eigenvalue weighted by molar-refractivity contribution is 5.71. The first-order chi connectivity index (χ1) is 13.7. The monoisotopic (exact) mass is 419 g/mol. The Balaban J connectivity index is 1.62. The summed E-state index contributed by atoms with van der Waals surface area (Å²) in [6, 6.07) is 0. The van der Waals surface area contributed by atoms with Gasteiger partial charge in [-0.15, -0.1) is 0 Å². The van der Waals surface area contributed by atoms with Crippen LogP contribution in [0.4, 0.5) is 5.82 Å². The number of nitrogens with zero attached hydrogens (tertiary/aromatic N) is 3. The Morgan fingerprint density at radius 3 is 2.48 bits per heavy atom. The van der Waals surface area contributed by atoms with E-state index in [4.69, 9.17) is 14.2 Å². The lowest BCUT2D eigenvalue weighted by atomic mass is 9.99. The van der Waals surface area contributed by atoms with Crippen molar-refractivity contribution >= 4 is 17.8 Å². The van der Waals surface area contributed by atoms with Gasteiger partial charge in [0, 0.05) is 6.54 Å². The Labute approximate surface area is 163 Å². The number of aryl methyl sites for hydroxylation is 1.